The number of para-hydroxylation sites is 2. The molecule has 1 aromatic heterocycles. The summed E-state index contributed by atoms with van der Waals surface area (Å²) in [5.41, 5.74) is 1.92. The molecule has 2 N–H and O–H groups in total. The predicted octanol–water partition coefficient (Wildman–Crippen LogP) is 5.72. The van der Waals surface area contributed by atoms with E-state index in [9.17, 15) is 20.2 Å². The maximum Gasteiger partial charge on any atom is 0.269 e. The van der Waals surface area contributed by atoms with Crippen LogP contribution in [0.5, 0.6) is 0 Å². The topological polar surface area (TPSA) is 129 Å². The first-order valence-electron chi connectivity index (χ1n) is 13.0. The largest absolute Gasteiger partial charge is 0.325 e. The number of carbonyl (C=O) groups excluding carboxylic acids is 1. The summed E-state index contributed by atoms with van der Waals surface area (Å²) in [6.45, 7) is 0.522. The highest BCUT2D eigenvalue weighted by Crippen LogP contribution is 2.53. The van der Waals surface area contributed by atoms with Crippen LogP contribution in [0.1, 0.15) is 22.7 Å². The van der Waals surface area contributed by atoms with Gasteiger partial charge in [-0.15, -0.1) is 0 Å². The molecule has 1 amide bonds. The minimum atomic E-state index is -1.78. The van der Waals surface area contributed by atoms with Gasteiger partial charge in [0.25, 0.3) is 5.69 Å². The lowest BCUT2D eigenvalue weighted by Gasteiger charge is -2.33. The molecule has 0 radical (unpaired) electrons. The number of amides is 1. The summed E-state index contributed by atoms with van der Waals surface area (Å²) in [7, 11) is 0. The van der Waals surface area contributed by atoms with Crippen LogP contribution in [0.25, 0.3) is 11.0 Å². The van der Waals surface area contributed by atoms with Gasteiger partial charge in [-0.1, -0.05) is 54.1 Å². The number of fused-ring (bicyclic) bond motifs is 2. The van der Waals surface area contributed by atoms with Crippen molar-refractivity contribution in [2.45, 2.75) is 18.0 Å². The van der Waals surface area contributed by atoms with Gasteiger partial charge in [-0.2, -0.15) is 5.26 Å². The fraction of sp³-hybridized carbons (Fsp3) is 0.0938. The lowest BCUT2D eigenvalue weighted by Crippen LogP contribution is -2.45. The van der Waals surface area contributed by atoms with E-state index >= 15 is 0 Å². The van der Waals surface area contributed by atoms with Gasteiger partial charge in [0.15, 0.2) is 22.5 Å². The zero-order valence-electron chi connectivity index (χ0n) is 22.0. The second kappa shape index (κ2) is 10.5. The van der Waals surface area contributed by atoms with Crippen LogP contribution < -0.4 is 9.88 Å². The summed E-state index contributed by atoms with van der Waals surface area (Å²) >= 11 is 6.45. The fourth-order valence-electron chi connectivity index (χ4n) is 5.88. The molecule has 204 valence electrons. The van der Waals surface area contributed by atoms with Crippen molar-refractivity contribution in [3.8, 4) is 6.07 Å². The first-order valence-corrected chi connectivity index (χ1v) is 13.3. The minimum absolute atomic E-state index is 0.120. The van der Waals surface area contributed by atoms with Gasteiger partial charge in [0.1, 0.15) is 18.2 Å². The Labute approximate surface area is 245 Å². The maximum atomic E-state index is 14.2. The van der Waals surface area contributed by atoms with Gasteiger partial charge in [0.2, 0.25) is 12.2 Å². The molecule has 1 aliphatic heterocycles. The number of imidazole rings is 1. The first kappa shape index (κ1) is 26.7. The van der Waals surface area contributed by atoms with Crippen molar-refractivity contribution < 1.29 is 14.3 Å². The molecule has 0 saturated heterocycles. The Morgan fingerprint density at radius 2 is 1.79 bits per heavy atom. The molecule has 4 aromatic carbocycles. The Morgan fingerprint density at radius 3 is 2.48 bits per heavy atom. The van der Waals surface area contributed by atoms with E-state index in [1.54, 1.807) is 30.3 Å². The Bertz CT molecular complexity index is 1970. The first-order chi connectivity index (χ1) is 20.4. The van der Waals surface area contributed by atoms with E-state index in [1.165, 1.54) is 12.1 Å². The predicted molar refractivity (Wildman–Crippen MR) is 158 cm³/mol. The van der Waals surface area contributed by atoms with Crippen molar-refractivity contribution in [1.29, 1.82) is 10.7 Å². The van der Waals surface area contributed by atoms with Crippen LogP contribution in [0.15, 0.2) is 109 Å². The second-order valence-corrected chi connectivity index (χ2v) is 10.4. The lowest BCUT2D eigenvalue weighted by molar-refractivity contribution is -0.663. The summed E-state index contributed by atoms with van der Waals surface area (Å²) in [6.07, 6.45) is 1.88. The summed E-state index contributed by atoms with van der Waals surface area (Å²) in [6, 6.07) is 29.5. The molecule has 1 aliphatic rings. The summed E-state index contributed by atoms with van der Waals surface area (Å²) in [4.78, 5) is 25.3. The number of hydrogen-bond donors (Lipinski definition) is 2. The van der Waals surface area contributed by atoms with Gasteiger partial charge in [-0.3, -0.25) is 20.3 Å². The van der Waals surface area contributed by atoms with Gasteiger partial charge >= 0.3 is 0 Å². The number of benzene rings is 4. The number of halogens is 1. The highest BCUT2D eigenvalue weighted by atomic mass is 35.5. The highest BCUT2D eigenvalue weighted by molar-refractivity contribution is 6.31. The highest BCUT2D eigenvalue weighted by Gasteiger charge is 2.60. The number of rotatable bonds is 7. The molecule has 5 aromatic rings. The molecule has 0 bridgehead atoms. The van der Waals surface area contributed by atoms with Gasteiger partial charge in [-0.25, -0.2) is 9.13 Å². The molecular weight excluding hydrogens is 552 g/mol. The van der Waals surface area contributed by atoms with E-state index in [0.717, 1.165) is 16.6 Å². The molecular formula is C32H22ClN6O3+. The van der Waals surface area contributed by atoms with E-state index in [2.05, 4.69) is 17.3 Å². The van der Waals surface area contributed by atoms with Gasteiger partial charge in [0, 0.05) is 28.4 Å². The summed E-state index contributed by atoms with van der Waals surface area (Å²) < 4.78 is 3.94. The smallest absolute Gasteiger partial charge is 0.269 e. The Hall–Kier alpha value is -5.55. The number of nitrogens with zero attached hydrogens (tertiary/aromatic N) is 4. The Morgan fingerprint density at radius 1 is 1.07 bits per heavy atom. The van der Waals surface area contributed by atoms with Crippen LogP contribution in [0.4, 0.5) is 11.4 Å². The number of nitro groups is 1. The minimum Gasteiger partial charge on any atom is -0.325 e. The molecule has 0 spiro atoms. The van der Waals surface area contributed by atoms with Crippen molar-refractivity contribution in [3.63, 3.8) is 0 Å². The number of nitro benzene ring substituents is 1. The lowest BCUT2D eigenvalue weighted by atomic mass is 9.67. The average molecular weight is 574 g/mol. The molecule has 2 heterocycles. The number of hydrogen-bond acceptors (Lipinski definition) is 5. The van der Waals surface area contributed by atoms with E-state index in [0.29, 0.717) is 28.4 Å². The average Bonchev–Trinajstić information content (AvgIpc) is 3.50. The number of aromatic nitrogens is 2. The van der Waals surface area contributed by atoms with Crippen molar-refractivity contribution in [3.05, 3.63) is 141 Å². The van der Waals surface area contributed by atoms with Gasteiger partial charge in [0.05, 0.1) is 4.92 Å². The molecule has 0 saturated carbocycles. The number of non-ortho nitro benzene ring substituents is 1. The third kappa shape index (κ3) is 4.14. The Balaban J connectivity index is 1.71. The number of anilines is 1. The maximum absolute atomic E-state index is 14.2. The molecule has 0 fully saturated rings. The van der Waals surface area contributed by atoms with Crippen molar-refractivity contribution in [2.75, 3.05) is 5.32 Å². The molecule has 2 atom stereocenters. The Kier molecular flexibility index (Phi) is 6.63. The standard InChI is InChI=1S/C32H21ClN6O3/c33-24-12-15-27-26(16-24)32(31(40)36-27,23(17-34)18-35)30(22-10-13-25(14-11-22)39(41)42)38-20-37(19-21-6-2-1-3-7-21)28-8-4-5-9-29(28)38/h1-16,20,30,34H,19H2/p+1. The fourth-order valence-corrected chi connectivity index (χ4v) is 6.05. The summed E-state index contributed by atoms with van der Waals surface area (Å²) in [5.74, 6) is 1.71. The molecule has 2 unspecified atom stereocenters. The third-order valence-electron chi connectivity index (χ3n) is 7.68. The molecule has 0 aliphatic carbocycles. The quantitative estimate of drug-likeness (QED) is 0.0848. The number of nitrogens with one attached hydrogen (secondary N) is 2. The van der Waals surface area contributed by atoms with Crippen LogP contribution in [0.3, 0.4) is 0 Å². The van der Waals surface area contributed by atoms with Gasteiger partial charge in [-0.05, 0) is 59.5 Å². The van der Waals surface area contributed by atoms with Gasteiger partial charge < -0.3 is 5.32 Å². The normalized spacial score (nSPS) is 16.2. The van der Waals surface area contributed by atoms with E-state index in [1.807, 2.05) is 70.1 Å². The zero-order chi connectivity index (χ0) is 29.4. The van der Waals surface area contributed by atoms with Crippen LogP contribution in [-0.2, 0) is 16.8 Å². The van der Waals surface area contributed by atoms with Crippen molar-refractivity contribution in [2.24, 2.45) is 0 Å². The number of nitriles is 1. The van der Waals surface area contributed by atoms with Crippen LogP contribution in [0.2, 0.25) is 5.02 Å². The van der Waals surface area contributed by atoms with Crippen molar-refractivity contribution >= 4 is 45.8 Å². The SMILES string of the molecule is N#CC(=C=N)C1(C(c2ccc([N+](=O)[O-])cc2)n2c[n+](Cc3ccccc3)c3ccccc32)C(=O)Nc2ccc(Cl)cc21. The number of carbonyl (C=O) groups is 1. The zero-order valence-corrected chi connectivity index (χ0v) is 22.7. The van der Waals surface area contributed by atoms with Crippen LogP contribution in [0, 0.1) is 26.9 Å². The molecule has 9 nitrogen and oxygen atoms in total. The van der Waals surface area contributed by atoms with Crippen molar-refractivity contribution in [1.82, 2.24) is 4.57 Å². The summed E-state index contributed by atoms with van der Waals surface area (Å²) in [5, 5.41) is 33.2. The molecule has 42 heavy (non-hydrogen) atoms. The third-order valence-corrected chi connectivity index (χ3v) is 7.92. The van der Waals surface area contributed by atoms with Crippen LogP contribution >= 0.6 is 11.6 Å². The van der Waals surface area contributed by atoms with E-state index < -0.39 is 22.3 Å². The van der Waals surface area contributed by atoms with E-state index in [4.69, 9.17) is 17.0 Å². The molecule has 6 rings (SSSR count). The second-order valence-electron chi connectivity index (χ2n) is 9.94. The van der Waals surface area contributed by atoms with E-state index in [-0.39, 0.29) is 11.3 Å². The monoisotopic (exact) mass is 573 g/mol. The molecule has 10 heteroatoms. The van der Waals surface area contributed by atoms with Crippen LogP contribution in [-0.4, -0.2) is 21.3 Å².